The summed E-state index contributed by atoms with van der Waals surface area (Å²) in [6.45, 7) is 2.73. The topological polar surface area (TPSA) is 55.3 Å². The number of hydrogen-bond donors (Lipinski definition) is 1. The number of nitrogens with zero attached hydrogens (tertiary/aromatic N) is 2. The molecule has 6 heteroatoms. The summed E-state index contributed by atoms with van der Waals surface area (Å²) in [5.74, 6) is 3.29. The Kier molecular flexibility index (Phi) is 4.85. The van der Waals surface area contributed by atoms with Crippen LogP contribution < -0.4 is 14.8 Å². The van der Waals surface area contributed by atoms with E-state index in [-0.39, 0.29) is 0 Å². The molecule has 0 bridgehead atoms. The summed E-state index contributed by atoms with van der Waals surface area (Å²) in [6, 6.07) is 4.75. The Morgan fingerprint density at radius 3 is 2.59 bits per heavy atom. The molecule has 2 aliphatic heterocycles. The first-order chi connectivity index (χ1) is 14.2. The van der Waals surface area contributed by atoms with Crippen molar-refractivity contribution in [2.45, 2.75) is 57.2 Å². The van der Waals surface area contributed by atoms with Crippen LogP contribution in [0.4, 0.5) is 0 Å². The Labute approximate surface area is 173 Å². The minimum atomic E-state index is 0.335. The zero-order valence-electron chi connectivity index (χ0n) is 17.9. The number of guanidine groups is 1. The Hall–Kier alpha value is -1.95. The lowest BCUT2D eigenvalue weighted by molar-refractivity contribution is -0.125. The lowest BCUT2D eigenvalue weighted by Crippen LogP contribution is -2.69. The van der Waals surface area contributed by atoms with Gasteiger partial charge in [-0.3, -0.25) is 4.99 Å². The van der Waals surface area contributed by atoms with Gasteiger partial charge in [0.2, 0.25) is 0 Å². The number of benzene rings is 1. The van der Waals surface area contributed by atoms with Gasteiger partial charge in [-0.05, 0) is 48.9 Å². The number of nitrogens with one attached hydrogen (secondary N) is 1. The number of ether oxygens (including phenoxy) is 3. The van der Waals surface area contributed by atoms with Crippen LogP contribution in [0.5, 0.6) is 11.5 Å². The van der Waals surface area contributed by atoms with Gasteiger partial charge in [0.25, 0.3) is 0 Å². The fourth-order valence-corrected chi connectivity index (χ4v) is 6.40. The lowest BCUT2D eigenvalue weighted by atomic mass is 9.54. The first-order valence-corrected chi connectivity index (χ1v) is 11.0. The van der Waals surface area contributed by atoms with E-state index in [0.29, 0.717) is 23.5 Å². The minimum absolute atomic E-state index is 0.335. The predicted octanol–water partition coefficient (Wildman–Crippen LogP) is 2.99. The molecule has 3 fully saturated rings. The molecule has 0 aromatic heterocycles. The smallest absolute Gasteiger partial charge is 0.194 e. The normalized spacial score (nSPS) is 30.0. The van der Waals surface area contributed by atoms with Gasteiger partial charge in [0.1, 0.15) is 0 Å². The van der Waals surface area contributed by atoms with Crippen LogP contribution in [0.25, 0.3) is 0 Å². The van der Waals surface area contributed by atoms with E-state index in [1.807, 2.05) is 7.05 Å². The van der Waals surface area contributed by atoms with E-state index in [1.165, 1.54) is 43.2 Å². The predicted molar refractivity (Wildman–Crippen MR) is 113 cm³/mol. The van der Waals surface area contributed by atoms with Crippen LogP contribution in [0, 0.1) is 11.3 Å². The van der Waals surface area contributed by atoms with Gasteiger partial charge in [0, 0.05) is 44.1 Å². The Bertz CT molecular complexity index is 803. The molecule has 1 saturated heterocycles. The lowest BCUT2D eigenvalue weighted by Gasteiger charge is -2.57. The van der Waals surface area contributed by atoms with Crippen LogP contribution in [0.1, 0.15) is 43.2 Å². The summed E-state index contributed by atoms with van der Waals surface area (Å²) >= 11 is 0. The zero-order chi connectivity index (χ0) is 20.0. The second-order valence-corrected chi connectivity index (χ2v) is 9.00. The van der Waals surface area contributed by atoms with Crippen LogP contribution in [0.3, 0.4) is 0 Å². The second kappa shape index (κ2) is 7.38. The summed E-state index contributed by atoms with van der Waals surface area (Å²) in [4.78, 5) is 7.08. The molecule has 6 nitrogen and oxygen atoms in total. The van der Waals surface area contributed by atoms with Crippen molar-refractivity contribution in [2.24, 2.45) is 16.3 Å². The number of aliphatic imine (C=N–C) groups is 1. The second-order valence-electron chi connectivity index (χ2n) is 9.00. The van der Waals surface area contributed by atoms with Crippen molar-refractivity contribution in [3.8, 4) is 11.5 Å². The fraction of sp³-hybridized carbons (Fsp3) is 0.696. The Morgan fingerprint density at radius 1 is 1.17 bits per heavy atom. The van der Waals surface area contributed by atoms with E-state index >= 15 is 0 Å². The van der Waals surface area contributed by atoms with Crippen molar-refractivity contribution in [3.63, 3.8) is 0 Å². The summed E-state index contributed by atoms with van der Waals surface area (Å²) in [5.41, 5.74) is 2.97. The molecule has 29 heavy (non-hydrogen) atoms. The Morgan fingerprint density at radius 2 is 1.90 bits per heavy atom. The van der Waals surface area contributed by atoms with E-state index in [2.05, 4.69) is 27.3 Å². The number of fused-ring (bicyclic) bond motifs is 3. The monoisotopic (exact) mass is 399 g/mol. The van der Waals surface area contributed by atoms with Gasteiger partial charge < -0.3 is 24.4 Å². The molecule has 1 aromatic rings. The van der Waals surface area contributed by atoms with Gasteiger partial charge in [0.05, 0.1) is 20.3 Å². The molecule has 3 atom stereocenters. The molecule has 1 N–H and O–H groups in total. The fourth-order valence-electron chi connectivity index (χ4n) is 6.40. The van der Waals surface area contributed by atoms with Crippen LogP contribution in [0.15, 0.2) is 17.1 Å². The summed E-state index contributed by atoms with van der Waals surface area (Å²) in [6.07, 6.45) is 7.90. The number of rotatable bonds is 3. The third kappa shape index (κ3) is 2.90. The van der Waals surface area contributed by atoms with E-state index in [0.717, 1.165) is 43.6 Å². The van der Waals surface area contributed by atoms with Crippen LogP contribution >= 0.6 is 0 Å². The molecule has 1 aromatic carbocycles. The highest BCUT2D eigenvalue weighted by Crippen LogP contribution is 2.60. The molecule has 0 amide bonds. The molecule has 2 heterocycles. The number of hydrogen-bond acceptors (Lipinski definition) is 4. The highest BCUT2D eigenvalue weighted by molar-refractivity contribution is 5.81. The molecule has 3 unspecified atom stereocenters. The maximum absolute atomic E-state index is 6.16. The largest absolute Gasteiger partial charge is 0.493 e. The molecule has 4 aliphatic rings. The van der Waals surface area contributed by atoms with Crippen LogP contribution in [-0.4, -0.2) is 57.4 Å². The Balaban J connectivity index is 1.34. The van der Waals surface area contributed by atoms with Gasteiger partial charge in [0.15, 0.2) is 17.5 Å². The van der Waals surface area contributed by atoms with Crippen molar-refractivity contribution in [1.82, 2.24) is 10.2 Å². The first kappa shape index (κ1) is 19.0. The molecule has 1 spiro atoms. The van der Waals surface area contributed by atoms with Gasteiger partial charge in [-0.1, -0.05) is 12.8 Å². The highest BCUT2D eigenvalue weighted by atomic mass is 16.5. The molecule has 158 valence electrons. The average Bonchev–Trinajstić information content (AvgIpc) is 3.42. The van der Waals surface area contributed by atoms with Gasteiger partial charge in [-0.2, -0.15) is 0 Å². The summed E-state index contributed by atoms with van der Waals surface area (Å²) in [5, 5.41) is 3.90. The van der Waals surface area contributed by atoms with Crippen molar-refractivity contribution >= 4 is 5.96 Å². The third-order valence-electron chi connectivity index (χ3n) is 7.80. The SMILES string of the molecule is CN=C(NC1C2CCOC2C12CCCC2)N1CCc2cc(OC)c(OC)cc2C1. The molecular formula is C23H33N3O3. The van der Waals surface area contributed by atoms with Crippen molar-refractivity contribution in [3.05, 3.63) is 23.3 Å². The van der Waals surface area contributed by atoms with Crippen molar-refractivity contribution < 1.29 is 14.2 Å². The maximum atomic E-state index is 6.16. The van der Waals surface area contributed by atoms with Crippen molar-refractivity contribution in [2.75, 3.05) is 34.4 Å². The van der Waals surface area contributed by atoms with E-state index in [4.69, 9.17) is 14.2 Å². The standard InChI is InChI=1S/C23H33N3O3/c1-24-22(25-20-17-7-11-29-21(17)23(20)8-4-5-9-23)26-10-6-15-12-18(27-2)19(28-3)13-16(15)14-26/h12-13,17,20-21H,4-11,14H2,1-3H3,(H,24,25). The van der Waals surface area contributed by atoms with Gasteiger partial charge >= 0.3 is 0 Å². The van der Waals surface area contributed by atoms with E-state index < -0.39 is 0 Å². The number of methoxy groups -OCH3 is 2. The van der Waals surface area contributed by atoms with Gasteiger partial charge in [-0.15, -0.1) is 0 Å². The molecular weight excluding hydrogens is 366 g/mol. The van der Waals surface area contributed by atoms with E-state index in [1.54, 1.807) is 14.2 Å². The zero-order valence-corrected chi connectivity index (χ0v) is 17.9. The third-order valence-corrected chi connectivity index (χ3v) is 7.80. The first-order valence-electron chi connectivity index (χ1n) is 11.0. The molecule has 2 saturated carbocycles. The van der Waals surface area contributed by atoms with Crippen LogP contribution in [0.2, 0.25) is 0 Å². The average molecular weight is 400 g/mol. The van der Waals surface area contributed by atoms with E-state index in [9.17, 15) is 0 Å². The molecule has 2 aliphatic carbocycles. The molecule has 0 radical (unpaired) electrons. The summed E-state index contributed by atoms with van der Waals surface area (Å²) < 4.78 is 17.2. The summed E-state index contributed by atoms with van der Waals surface area (Å²) in [7, 11) is 5.31. The highest BCUT2D eigenvalue weighted by Gasteiger charge is 2.65. The van der Waals surface area contributed by atoms with Crippen molar-refractivity contribution in [1.29, 1.82) is 0 Å². The van der Waals surface area contributed by atoms with Gasteiger partial charge in [-0.25, -0.2) is 0 Å². The van der Waals surface area contributed by atoms with Crippen LogP contribution in [-0.2, 0) is 17.7 Å². The minimum Gasteiger partial charge on any atom is -0.493 e. The maximum Gasteiger partial charge on any atom is 0.194 e. The molecule has 5 rings (SSSR count). The quantitative estimate of drug-likeness (QED) is 0.626.